The maximum Gasteiger partial charge on any atom is 0.234 e. The molecule has 1 saturated heterocycles. The third kappa shape index (κ3) is 4.21. The number of rotatable bonds is 4. The fourth-order valence-electron chi connectivity index (χ4n) is 1.15. The van der Waals surface area contributed by atoms with E-state index in [4.69, 9.17) is 9.84 Å². The third-order valence-electron chi connectivity index (χ3n) is 1.86. The Balaban J connectivity index is 2.11. The summed E-state index contributed by atoms with van der Waals surface area (Å²) in [5.41, 5.74) is 2.76. The molecule has 13 heavy (non-hydrogen) atoms. The Hall–Kier alpha value is -0.650. The van der Waals surface area contributed by atoms with Crippen molar-refractivity contribution in [2.24, 2.45) is 0 Å². The molecule has 0 unspecified atom stereocenters. The van der Waals surface area contributed by atoms with Gasteiger partial charge in [0.15, 0.2) is 0 Å². The number of nitrogens with one attached hydrogen (secondary N) is 1. The van der Waals surface area contributed by atoms with E-state index in [0.717, 1.165) is 13.1 Å². The molecule has 1 amide bonds. The average molecular weight is 188 g/mol. The van der Waals surface area contributed by atoms with E-state index >= 15 is 0 Å². The lowest BCUT2D eigenvalue weighted by molar-refractivity contribution is -0.128. The molecule has 1 aliphatic rings. The Morgan fingerprint density at radius 2 is 2.15 bits per heavy atom. The minimum Gasteiger partial charge on any atom is -0.396 e. The molecular weight excluding hydrogens is 172 g/mol. The Morgan fingerprint density at radius 3 is 2.77 bits per heavy atom. The van der Waals surface area contributed by atoms with Crippen molar-refractivity contribution in [1.82, 2.24) is 10.4 Å². The predicted molar refractivity (Wildman–Crippen MR) is 46.9 cm³/mol. The first-order valence-corrected chi connectivity index (χ1v) is 4.56. The van der Waals surface area contributed by atoms with Crippen LogP contribution in [-0.2, 0) is 9.53 Å². The molecule has 0 spiro atoms. The Kier molecular flexibility index (Phi) is 4.74. The van der Waals surface area contributed by atoms with Crippen molar-refractivity contribution in [2.75, 3.05) is 32.9 Å². The van der Waals surface area contributed by atoms with Gasteiger partial charge >= 0.3 is 0 Å². The molecule has 0 aromatic heterocycles. The standard InChI is InChI=1S/C8H16N2O3/c11-5-1-2-8(12)9-10-3-6-13-7-4-10/h11H,1-7H2,(H,9,12). The second-order valence-electron chi connectivity index (χ2n) is 2.96. The molecule has 2 N–H and O–H groups in total. The van der Waals surface area contributed by atoms with Crippen LogP contribution >= 0.6 is 0 Å². The van der Waals surface area contributed by atoms with Gasteiger partial charge in [-0.25, -0.2) is 5.01 Å². The number of aliphatic hydroxyl groups is 1. The summed E-state index contributed by atoms with van der Waals surface area (Å²) in [4.78, 5) is 11.2. The summed E-state index contributed by atoms with van der Waals surface area (Å²) in [6, 6.07) is 0. The zero-order valence-electron chi connectivity index (χ0n) is 7.66. The number of hydrazine groups is 1. The number of aliphatic hydroxyl groups excluding tert-OH is 1. The van der Waals surface area contributed by atoms with E-state index in [9.17, 15) is 4.79 Å². The van der Waals surface area contributed by atoms with Crippen molar-refractivity contribution in [2.45, 2.75) is 12.8 Å². The lowest BCUT2D eigenvalue weighted by Gasteiger charge is -2.26. The molecule has 5 heteroatoms. The van der Waals surface area contributed by atoms with Crippen LogP contribution in [0.1, 0.15) is 12.8 Å². The number of hydrogen-bond acceptors (Lipinski definition) is 4. The van der Waals surface area contributed by atoms with Gasteiger partial charge in [-0.15, -0.1) is 0 Å². The minimum absolute atomic E-state index is 0.0315. The quantitative estimate of drug-likeness (QED) is 0.601. The molecule has 0 radical (unpaired) electrons. The summed E-state index contributed by atoms with van der Waals surface area (Å²) in [5, 5.41) is 10.4. The van der Waals surface area contributed by atoms with Crippen LogP contribution in [0.25, 0.3) is 0 Å². The normalized spacial score (nSPS) is 18.5. The van der Waals surface area contributed by atoms with Crippen LogP contribution in [0.5, 0.6) is 0 Å². The van der Waals surface area contributed by atoms with Crippen molar-refractivity contribution in [1.29, 1.82) is 0 Å². The van der Waals surface area contributed by atoms with E-state index in [2.05, 4.69) is 5.43 Å². The molecule has 0 aliphatic carbocycles. The van der Waals surface area contributed by atoms with Crippen LogP contribution in [0.3, 0.4) is 0 Å². The zero-order chi connectivity index (χ0) is 9.52. The van der Waals surface area contributed by atoms with Crippen molar-refractivity contribution in [3.8, 4) is 0 Å². The van der Waals surface area contributed by atoms with E-state index in [0.29, 0.717) is 26.1 Å². The highest BCUT2D eigenvalue weighted by Gasteiger charge is 2.12. The van der Waals surface area contributed by atoms with Gasteiger partial charge < -0.3 is 9.84 Å². The van der Waals surface area contributed by atoms with Gasteiger partial charge in [0.05, 0.1) is 13.2 Å². The zero-order valence-corrected chi connectivity index (χ0v) is 7.66. The number of amides is 1. The van der Waals surface area contributed by atoms with E-state index < -0.39 is 0 Å². The number of nitrogens with zero attached hydrogens (tertiary/aromatic N) is 1. The summed E-state index contributed by atoms with van der Waals surface area (Å²) in [6.45, 7) is 2.88. The van der Waals surface area contributed by atoms with Gasteiger partial charge in [-0.05, 0) is 6.42 Å². The summed E-state index contributed by atoms with van der Waals surface area (Å²) >= 11 is 0. The smallest absolute Gasteiger partial charge is 0.234 e. The average Bonchev–Trinajstić information content (AvgIpc) is 2.16. The summed E-state index contributed by atoms with van der Waals surface area (Å²) in [6.07, 6.45) is 0.907. The predicted octanol–water partition coefficient (Wildman–Crippen LogP) is -0.878. The van der Waals surface area contributed by atoms with Gasteiger partial charge in [-0.2, -0.15) is 0 Å². The Morgan fingerprint density at radius 1 is 1.46 bits per heavy atom. The van der Waals surface area contributed by atoms with E-state index in [1.165, 1.54) is 0 Å². The molecule has 5 nitrogen and oxygen atoms in total. The van der Waals surface area contributed by atoms with E-state index in [1.54, 1.807) is 0 Å². The second-order valence-corrected chi connectivity index (χ2v) is 2.96. The molecule has 1 aliphatic heterocycles. The van der Waals surface area contributed by atoms with E-state index in [1.807, 2.05) is 5.01 Å². The number of morpholine rings is 1. The van der Waals surface area contributed by atoms with Crippen LogP contribution < -0.4 is 5.43 Å². The van der Waals surface area contributed by atoms with Gasteiger partial charge in [-0.1, -0.05) is 0 Å². The van der Waals surface area contributed by atoms with Crippen molar-refractivity contribution >= 4 is 5.91 Å². The fourth-order valence-corrected chi connectivity index (χ4v) is 1.15. The first kappa shape index (κ1) is 10.4. The number of hydrogen-bond donors (Lipinski definition) is 2. The summed E-state index contributed by atoms with van der Waals surface area (Å²) in [5.74, 6) is -0.0315. The van der Waals surface area contributed by atoms with Crippen molar-refractivity contribution in [3.05, 3.63) is 0 Å². The molecule has 0 aromatic rings. The van der Waals surface area contributed by atoms with Crippen LogP contribution in [-0.4, -0.2) is 48.9 Å². The molecule has 1 rings (SSSR count). The molecule has 76 valence electrons. The lowest BCUT2D eigenvalue weighted by Crippen LogP contribution is -2.48. The third-order valence-corrected chi connectivity index (χ3v) is 1.86. The van der Waals surface area contributed by atoms with Gasteiger partial charge in [0, 0.05) is 26.1 Å². The molecule has 1 heterocycles. The second kappa shape index (κ2) is 5.90. The van der Waals surface area contributed by atoms with Gasteiger partial charge in [0.1, 0.15) is 0 Å². The molecule has 0 aromatic carbocycles. The molecule has 0 saturated carbocycles. The maximum absolute atomic E-state index is 11.2. The Labute approximate surface area is 77.6 Å². The molecule has 0 atom stereocenters. The first-order valence-electron chi connectivity index (χ1n) is 4.56. The van der Waals surface area contributed by atoms with Crippen molar-refractivity contribution in [3.63, 3.8) is 0 Å². The van der Waals surface area contributed by atoms with E-state index in [-0.39, 0.29) is 12.5 Å². The van der Waals surface area contributed by atoms with Gasteiger partial charge in [-0.3, -0.25) is 10.2 Å². The lowest BCUT2D eigenvalue weighted by atomic mass is 10.3. The maximum atomic E-state index is 11.2. The number of ether oxygens (including phenoxy) is 1. The number of carbonyl (C=O) groups is 1. The van der Waals surface area contributed by atoms with Gasteiger partial charge in [0.25, 0.3) is 0 Å². The highest BCUT2D eigenvalue weighted by Crippen LogP contribution is 1.94. The van der Waals surface area contributed by atoms with Crippen LogP contribution in [0.2, 0.25) is 0 Å². The topological polar surface area (TPSA) is 61.8 Å². The molecule has 1 fully saturated rings. The SMILES string of the molecule is O=C(CCCO)NN1CCOCC1. The molecular formula is C8H16N2O3. The Bertz CT molecular complexity index is 157. The van der Waals surface area contributed by atoms with Crippen molar-refractivity contribution < 1.29 is 14.6 Å². The van der Waals surface area contributed by atoms with Gasteiger partial charge in [0.2, 0.25) is 5.91 Å². The summed E-state index contributed by atoms with van der Waals surface area (Å²) in [7, 11) is 0. The highest BCUT2D eigenvalue weighted by atomic mass is 16.5. The number of carbonyl (C=O) groups excluding carboxylic acids is 1. The largest absolute Gasteiger partial charge is 0.396 e. The summed E-state index contributed by atoms with van der Waals surface area (Å²) < 4.78 is 5.13. The highest BCUT2D eigenvalue weighted by molar-refractivity contribution is 5.75. The first-order chi connectivity index (χ1) is 6.33. The van der Waals surface area contributed by atoms with Crippen LogP contribution in [0.15, 0.2) is 0 Å². The fraction of sp³-hybridized carbons (Fsp3) is 0.875. The minimum atomic E-state index is -0.0315. The molecule has 0 bridgehead atoms. The van der Waals surface area contributed by atoms with Crippen LogP contribution in [0.4, 0.5) is 0 Å². The monoisotopic (exact) mass is 188 g/mol. The van der Waals surface area contributed by atoms with Crippen LogP contribution in [0, 0.1) is 0 Å².